The Balaban J connectivity index is 1.50. The van der Waals surface area contributed by atoms with Crippen molar-refractivity contribution >= 4 is 17.6 Å². The molecule has 2 amide bonds. The summed E-state index contributed by atoms with van der Waals surface area (Å²) in [7, 11) is 0. The zero-order chi connectivity index (χ0) is 17.6. The minimum atomic E-state index is -0.232. The van der Waals surface area contributed by atoms with E-state index in [-0.39, 0.29) is 11.8 Å². The van der Waals surface area contributed by atoms with Crippen LogP contribution in [-0.4, -0.2) is 48.1 Å². The van der Waals surface area contributed by atoms with Gasteiger partial charge in [-0.2, -0.15) is 0 Å². The number of amidine groups is 1. The van der Waals surface area contributed by atoms with Crippen LogP contribution in [0.5, 0.6) is 5.75 Å². The van der Waals surface area contributed by atoms with Crippen molar-refractivity contribution in [1.82, 2.24) is 10.2 Å². The lowest BCUT2D eigenvalue weighted by atomic mass is 10.1. The fourth-order valence-corrected chi connectivity index (χ4v) is 2.74. The topological polar surface area (TPSA) is 77.0 Å². The fraction of sp³-hybridized carbons (Fsp3) is 0.263. The summed E-state index contributed by atoms with van der Waals surface area (Å²) >= 11 is 0. The zero-order valence-electron chi connectivity index (χ0n) is 14.2. The van der Waals surface area contributed by atoms with E-state index < -0.39 is 0 Å². The lowest BCUT2D eigenvalue weighted by molar-refractivity contribution is 0.251. The van der Waals surface area contributed by atoms with Crippen molar-refractivity contribution in [3.8, 4) is 5.75 Å². The van der Waals surface area contributed by atoms with Crippen LogP contribution in [0, 0.1) is 6.92 Å². The van der Waals surface area contributed by atoms with Crippen LogP contribution in [0.3, 0.4) is 0 Å². The maximum atomic E-state index is 12.0. The van der Waals surface area contributed by atoms with Gasteiger partial charge in [-0.05, 0) is 31.2 Å². The van der Waals surface area contributed by atoms with Crippen LogP contribution < -0.4 is 10.6 Å². The van der Waals surface area contributed by atoms with Crippen molar-refractivity contribution in [2.24, 2.45) is 4.99 Å². The lowest BCUT2D eigenvalue weighted by Gasteiger charge is -2.21. The van der Waals surface area contributed by atoms with Gasteiger partial charge < -0.3 is 20.6 Å². The molecule has 2 aromatic carbocycles. The molecule has 0 saturated heterocycles. The minimum absolute atomic E-state index is 0.221. The van der Waals surface area contributed by atoms with E-state index in [1.54, 1.807) is 12.1 Å². The molecule has 130 valence electrons. The van der Waals surface area contributed by atoms with Gasteiger partial charge >= 0.3 is 6.03 Å². The number of aryl methyl sites for hydroxylation is 1. The van der Waals surface area contributed by atoms with Crippen molar-refractivity contribution in [3.63, 3.8) is 0 Å². The van der Waals surface area contributed by atoms with Crippen molar-refractivity contribution < 1.29 is 9.90 Å². The molecule has 0 fully saturated rings. The first kappa shape index (κ1) is 16.8. The normalized spacial score (nSPS) is 13.5. The van der Waals surface area contributed by atoms with E-state index in [4.69, 9.17) is 0 Å². The van der Waals surface area contributed by atoms with Crippen molar-refractivity contribution in [2.75, 3.05) is 31.5 Å². The van der Waals surface area contributed by atoms with Gasteiger partial charge in [0.15, 0.2) is 0 Å². The number of aliphatic imine (C=N–C) groups is 1. The van der Waals surface area contributed by atoms with E-state index in [0.29, 0.717) is 19.6 Å². The molecular formula is C19H22N4O2. The standard InChI is InChI=1S/C19H22N4O2/c1-14-6-8-15(9-7-14)22-19(25)21-11-13-23-12-10-20-18(23)16-4-2-3-5-17(16)24/h2-9,24H,10-13H2,1H3,(H2,21,22,25). The summed E-state index contributed by atoms with van der Waals surface area (Å²) in [4.78, 5) is 18.5. The summed E-state index contributed by atoms with van der Waals surface area (Å²) < 4.78 is 0. The van der Waals surface area contributed by atoms with Gasteiger partial charge in [0, 0.05) is 25.3 Å². The maximum absolute atomic E-state index is 12.0. The van der Waals surface area contributed by atoms with E-state index in [2.05, 4.69) is 20.5 Å². The van der Waals surface area contributed by atoms with Gasteiger partial charge in [0.05, 0.1) is 12.1 Å². The summed E-state index contributed by atoms with van der Waals surface area (Å²) in [6, 6.07) is 14.6. The highest BCUT2D eigenvalue weighted by molar-refractivity contribution is 6.02. The van der Waals surface area contributed by atoms with Gasteiger partial charge in [-0.3, -0.25) is 4.99 Å². The van der Waals surface area contributed by atoms with Crippen molar-refractivity contribution in [3.05, 3.63) is 59.7 Å². The second-order valence-corrected chi connectivity index (χ2v) is 5.96. The number of rotatable bonds is 5. The van der Waals surface area contributed by atoms with E-state index in [0.717, 1.165) is 29.2 Å². The quantitative estimate of drug-likeness (QED) is 0.784. The number of nitrogens with zero attached hydrogens (tertiary/aromatic N) is 2. The van der Waals surface area contributed by atoms with E-state index >= 15 is 0 Å². The Kier molecular flexibility index (Phi) is 5.18. The highest BCUT2D eigenvalue weighted by Crippen LogP contribution is 2.20. The van der Waals surface area contributed by atoms with Crippen LogP contribution >= 0.6 is 0 Å². The van der Waals surface area contributed by atoms with Crippen molar-refractivity contribution in [1.29, 1.82) is 0 Å². The minimum Gasteiger partial charge on any atom is -0.507 e. The molecule has 1 aliphatic rings. The molecule has 0 radical (unpaired) electrons. The third-order valence-corrected chi connectivity index (χ3v) is 4.05. The highest BCUT2D eigenvalue weighted by atomic mass is 16.3. The summed E-state index contributed by atoms with van der Waals surface area (Å²) in [6.07, 6.45) is 0. The van der Waals surface area contributed by atoms with Crippen LogP contribution in [0.4, 0.5) is 10.5 Å². The Bertz CT molecular complexity index is 771. The molecule has 6 heteroatoms. The largest absolute Gasteiger partial charge is 0.507 e. The molecule has 0 aliphatic carbocycles. The van der Waals surface area contributed by atoms with Crippen LogP contribution in [0.1, 0.15) is 11.1 Å². The highest BCUT2D eigenvalue weighted by Gasteiger charge is 2.20. The van der Waals surface area contributed by atoms with Crippen LogP contribution in [-0.2, 0) is 0 Å². The Morgan fingerprint density at radius 3 is 2.72 bits per heavy atom. The Hall–Kier alpha value is -3.02. The number of carbonyl (C=O) groups is 1. The molecule has 6 nitrogen and oxygen atoms in total. The molecule has 0 saturated carbocycles. The molecule has 3 rings (SSSR count). The second-order valence-electron chi connectivity index (χ2n) is 5.96. The number of nitrogens with one attached hydrogen (secondary N) is 2. The first-order valence-corrected chi connectivity index (χ1v) is 8.33. The van der Waals surface area contributed by atoms with Gasteiger partial charge in [-0.25, -0.2) is 4.79 Å². The molecule has 1 heterocycles. The maximum Gasteiger partial charge on any atom is 0.319 e. The second kappa shape index (κ2) is 7.70. The molecule has 25 heavy (non-hydrogen) atoms. The molecule has 0 spiro atoms. The average Bonchev–Trinajstić information content (AvgIpc) is 3.06. The number of urea groups is 1. The Morgan fingerprint density at radius 2 is 1.96 bits per heavy atom. The average molecular weight is 338 g/mol. The molecule has 0 atom stereocenters. The number of benzene rings is 2. The van der Waals surface area contributed by atoms with Crippen LogP contribution in [0.25, 0.3) is 0 Å². The van der Waals surface area contributed by atoms with Crippen LogP contribution in [0.2, 0.25) is 0 Å². The van der Waals surface area contributed by atoms with Gasteiger partial charge in [-0.1, -0.05) is 29.8 Å². The van der Waals surface area contributed by atoms with Gasteiger partial charge in [0.1, 0.15) is 11.6 Å². The molecule has 1 aliphatic heterocycles. The first-order valence-electron chi connectivity index (χ1n) is 8.33. The monoisotopic (exact) mass is 338 g/mol. The summed E-state index contributed by atoms with van der Waals surface area (Å²) in [6.45, 7) is 4.60. The SMILES string of the molecule is Cc1ccc(NC(=O)NCCN2CCN=C2c2ccccc2O)cc1. The molecule has 0 aromatic heterocycles. The Morgan fingerprint density at radius 1 is 1.20 bits per heavy atom. The predicted molar refractivity (Wildman–Crippen MR) is 99.3 cm³/mol. The summed E-state index contributed by atoms with van der Waals surface area (Å²) in [5, 5.41) is 15.7. The number of para-hydroxylation sites is 1. The van der Waals surface area contributed by atoms with Gasteiger partial charge in [-0.15, -0.1) is 0 Å². The lowest BCUT2D eigenvalue weighted by Crippen LogP contribution is -2.38. The smallest absolute Gasteiger partial charge is 0.319 e. The van der Waals surface area contributed by atoms with E-state index in [9.17, 15) is 9.90 Å². The van der Waals surface area contributed by atoms with Gasteiger partial charge in [0.2, 0.25) is 0 Å². The number of phenols is 1. The summed E-state index contributed by atoms with van der Waals surface area (Å²) in [5.41, 5.74) is 2.64. The van der Waals surface area contributed by atoms with Crippen molar-refractivity contribution in [2.45, 2.75) is 6.92 Å². The molecule has 3 N–H and O–H groups in total. The third-order valence-electron chi connectivity index (χ3n) is 4.05. The number of hydrogen-bond acceptors (Lipinski definition) is 4. The molecular weight excluding hydrogens is 316 g/mol. The number of aromatic hydroxyl groups is 1. The first-order chi connectivity index (χ1) is 12.1. The number of carbonyl (C=O) groups excluding carboxylic acids is 1. The molecule has 0 unspecified atom stereocenters. The predicted octanol–water partition coefficient (Wildman–Crippen LogP) is 2.58. The third kappa shape index (κ3) is 4.29. The number of phenolic OH excluding ortho intramolecular Hbond substituents is 1. The van der Waals surface area contributed by atoms with Gasteiger partial charge in [0.25, 0.3) is 0 Å². The number of anilines is 1. The fourth-order valence-electron chi connectivity index (χ4n) is 2.74. The summed E-state index contributed by atoms with van der Waals surface area (Å²) in [5.74, 6) is 0.997. The van der Waals surface area contributed by atoms with E-state index in [1.807, 2.05) is 43.3 Å². The number of hydrogen-bond donors (Lipinski definition) is 3. The molecule has 2 aromatic rings. The Labute approximate surface area is 147 Å². The molecule has 0 bridgehead atoms. The van der Waals surface area contributed by atoms with E-state index in [1.165, 1.54) is 0 Å². The number of amides is 2. The zero-order valence-corrected chi connectivity index (χ0v) is 14.2. The van der Waals surface area contributed by atoms with Crippen LogP contribution in [0.15, 0.2) is 53.5 Å².